The quantitative estimate of drug-likeness (QED) is 0.156. The van der Waals surface area contributed by atoms with E-state index in [0.717, 1.165) is 50.0 Å². The van der Waals surface area contributed by atoms with Crippen LogP contribution in [-0.2, 0) is 17.9 Å². The molecule has 0 aliphatic carbocycles. The average molecular weight is 569 g/mol. The molecule has 6 heteroatoms. The second kappa shape index (κ2) is 12.7. The number of hydrogen-bond donors (Lipinski definition) is 0. The normalized spacial score (nSPS) is 10.9. The summed E-state index contributed by atoms with van der Waals surface area (Å²) in [4.78, 5) is 17.9. The van der Waals surface area contributed by atoms with Crippen LogP contribution in [0.3, 0.4) is 0 Å². The van der Waals surface area contributed by atoms with Crippen molar-refractivity contribution in [2.24, 2.45) is 0 Å². The van der Waals surface area contributed by atoms with Crippen LogP contribution in [0.25, 0.3) is 33.2 Å². The summed E-state index contributed by atoms with van der Waals surface area (Å²) in [6.07, 6.45) is 1.74. The molecule has 0 bridgehead atoms. The number of esters is 1. The number of carbonyl (C=O) groups excluding carboxylic acids is 1. The number of nitrogens with zero attached hydrogens (tertiary/aromatic N) is 2. The first-order valence-electron chi connectivity index (χ1n) is 14.3. The van der Waals surface area contributed by atoms with Crippen LogP contribution in [0.5, 0.6) is 11.6 Å². The fourth-order valence-electron chi connectivity index (χ4n) is 5.34. The molecule has 4 aromatic carbocycles. The molecule has 0 saturated carbocycles. The van der Waals surface area contributed by atoms with E-state index in [4.69, 9.17) is 14.2 Å². The number of ether oxygens (including phenoxy) is 3. The summed E-state index contributed by atoms with van der Waals surface area (Å²) in [5.74, 6) is 0.965. The molecular formula is C37H32N2O4. The summed E-state index contributed by atoms with van der Waals surface area (Å²) < 4.78 is 18.9. The lowest BCUT2D eigenvalue weighted by Crippen LogP contribution is -2.14. The maximum absolute atomic E-state index is 13.5. The molecule has 214 valence electrons. The lowest BCUT2D eigenvalue weighted by molar-refractivity contribution is 0.0516. The zero-order chi connectivity index (χ0) is 29.6. The van der Waals surface area contributed by atoms with Gasteiger partial charge in [0.2, 0.25) is 5.88 Å². The Hall–Kier alpha value is -5.36. The molecule has 0 aliphatic rings. The first-order valence-corrected chi connectivity index (χ1v) is 14.3. The van der Waals surface area contributed by atoms with Crippen LogP contribution in [0.15, 0.2) is 121 Å². The molecule has 0 atom stereocenters. The number of aromatic nitrogens is 2. The first-order chi connectivity index (χ1) is 21.1. The van der Waals surface area contributed by atoms with Gasteiger partial charge >= 0.3 is 5.97 Å². The number of hydrogen-bond acceptors (Lipinski definition) is 5. The van der Waals surface area contributed by atoms with Crippen LogP contribution in [-0.4, -0.2) is 29.2 Å². The molecule has 6 nitrogen and oxygen atoms in total. The second-order valence-corrected chi connectivity index (χ2v) is 10.1. The van der Waals surface area contributed by atoms with Crippen LogP contribution in [0.2, 0.25) is 0 Å². The molecule has 0 aliphatic heterocycles. The van der Waals surface area contributed by atoms with E-state index in [9.17, 15) is 4.79 Å². The van der Waals surface area contributed by atoms with Crippen LogP contribution >= 0.6 is 0 Å². The van der Waals surface area contributed by atoms with Gasteiger partial charge in [0.05, 0.1) is 13.7 Å². The highest BCUT2D eigenvalue weighted by molar-refractivity contribution is 6.08. The van der Waals surface area contributed by atoms with Gasteiger partial charge in [0.25, 0.3) is 0 Å². The van der Waals surface area contributed by atoms with Crippen LogP contribution in [0.4, 0.5) is 0 Å². The summed E-state index contributed by atoms with van der Waals surface area (Å²) in [5.41, 5.74) is 7.43. The van der Waals surface area contributed by atoms with Crippen molar-refractivity contribution in [2.45, 2.75) is 20.1 Å². The SMILES string of the molecule is CCOC(=O)c1c(-c2ccc(OC)nc2)c2ccccc2n1Cc1cccc(-c2ccc(OCc3ccccc3)cc2)c1. The van der Waals surface area contributed by atoms with Crippen molar-refractivity contribution in [3.63, 3.8) is 0 Å². The third-order valence-electron chi connectivity index (χ3n) is 7.38. The summed E-state index contributed by atoms with van der Waals surface area (Å²) >= 11 is 0. The van der Waals surface area contributed by atoms with Gasteiger partial charge in [-0.15, -0.1) is 0 Å². The van der Waals surface area contributed by atoms with Crippen LogP contribution < -0.4 is 9.47 Å². The molecule has 6 rings (SSSR count). The number of methoxy groups -OCH3 is 1. The van der Waals surface area contributed by atoms with Gasteiger partial charge in [0.1, 0.15) is 18.1 Å². The maximum atomic E-state index is 13.5. The Morgan fingerprint density at radius 3 is 2.26 bits per heavy atom. The molecule has 0 unspecified atom stereocenters. The van der Waals surface area contributed by atoms with E-state index in [1.54, 1.807) is 19.4 Å². The van der Waals surface area contributed by atoms with Crippen molar-refractivity contribution in [1.82, 2.24) is 9.55 Å². The van der Waals surface area contributed by atoms with E-state index >= 15 is 0 Å². The van der Waals surface area contributed by atoms with Gasteiger partial charge in [-0.2, -0.15) is 0 Å². The predicted octanol–water partition coefficient (Wildman–Crippen LogP) is 8.18. The van der Waals surface area contributed by atoms with Gasteiger partial charge < -0.3 is 18.8 Å². The van der Waals surface area contributed by atoms with Crippen molar-refractivity contribution in [2.75, 3.05) is 13.7 Å². The zero-order valence-corrected chi connectivity index (χ0v) is 24.2. The van der Waals surface area contributed by atoms with Gasteiger partial charge in [0.15, 0.2) is 0 Å². The van der Waals surface area contributed by atoms with E-state index < -0.39 is 0 Å². The minimum Gasteiger partial charge on any atom is -0.489 e. The minimum absolute atomic E-state index is 0.279. The van der Waals surface area contributed by atoms with Gasteiger partial charge in [-0.3, -0.25) is 0 Å². The fraction of sp³-hybridized carbons (Fsp3) is 0.135. The number of fused-ring (bicyclic) bond motifs is 1. The van der Waals surface area contributed by atoms with Crippen molar-refractivity contribution < 1.29 is 19.0 Å². The Kier molecular flexibility index (Phi) is 8.18. The van der Waals surface area contributed by atoms with E-state index in [1.165, 1.54) is 0 Å². The maximum Gasteiger partial charge on any atom is 0.355 e. The monoisotopic (exact) mass is 568 g/mol. The highest BCUT2D eigenvalue weighted by atomic mass is 16.5. The molecule has 6 aromatic rings. The van der Waals surface area contributed by atoms with Gasteiger partial charge in [-0.05, 0) is 59.5 Å². The van der Waals surface area contributed by atoms with E-state index in [0.29, 0.717) is 24.7 Å². The molecule has 0 N–H and O–H groups in total. The molecule has 0 fully saturated rings. The number of para-hydroxylation sites is 1. The Morgan fingerprint density at radius 2 is 1.51 bits per heavy atom. The van der Waals surface area contributed by atoms with Crippen LogP contribution in [0, 0.1) is 0 Å². The third kappa shape index (κ3) is 5.99. The Labute approximate surface area is 251 Å². The van der Waals surface area contributed by atoms with Gasteiger partial charge in [-0.1, -0.05) is 78.9 Å². The molecule has 0 radical (unpaired) electrons. The predicted molar refractivity (Wildman–Crippen MR) is 169 cm³/mol. The minimum atomic E-state index is -0.369. The Balaban J connectivity index is 1.33. The largest absolute Gasteiger partial charge is 0.489 e. The van der Waals surface area contributed by atoms with Crippen molar-refractivity contribution in [1.29, 1.82) is 0 Å². The molecule has 2 heterocycles. The van der Waals surface area contributed by atoms with Crippen LogP contribution in [0.1, 0.15) is 28.5 Å². The van der Waals surface area contributed by atoms with E-state index in [2.05, 4.69) is 53.5 Å². The lowest BCUT2D eigenvalue weighted by atomic mass is 10.0. The second-order valence-electron chi connectivity index (χ2n) is 10.1. The van der Waals surface area contributed by atoms with E-state index in [1.807, 2.05) is 72.2 Å². The molecule has 0 amide bonds. The summed E-state index contributed by atoms with van der Waals surface area (Å²) in [7, 11) is 1.58. The number of rotatable bonds is 10. The number of carbonyl (C=O) groups is 1. The average Bonchev–Trinajstić information content (AvgIpc) is 3.38. The topological polar surface area (TPSA) is 62.6 Å². The Bertz CT molecular complexity index is 1840. The molecule has 0 saturated heterocycles. The number of benzene rings is 4. The fourth-order valence-corrected chi connectivity index (χ4v) is 5.34. The van der Waals surface area contributed by atoms with Gasteiger partial charge in [-0.25, -0.2) is 9.78 Å². The van der Waals surface area contributed by atoms with Crippen molar-refractivity contribution >= 4 is 16.9 Å². The standard InChI is InChI=1S/C37H32N2O4/c1-3-42-37(40)36-35(30-18-21-34(41-2)38-23-30)32-14-7-8-15-33(32)39(36)24-27-12-9-13-29(22-27)28-16-19-31(20-17-28)43-25-26-10-5-4-6-11-26/h4-23H,3,24-25H2,1-2H3. The first kappa shape index (κ1) is 27.8. The Morgan fingerprint density at radius 1 is 0.767 bits per heavy atom. The summed E-state index contributed by atoms with van der Waals surface area (Å²) in [6, 6.07) is 38.4. The molecule has 2 aromatic heterocycles. The highest BCUT2D eigenvalue weighted by Gasteiger charge is 2.25. The summed E-state index contributed by atoms with van der Waals surface area (Å²) in [5, 5.41) is 0.958. The smallest absolute Gasteiger partial charge is 0.355 e. The molecular weight excluding hydrogens is 536 g/mol. The summed E-state index contributed by atoms with van der Waals surface area (Å²) in [6.45, 7) is 3.12. The molecule has 43 heavy (non-hydrogen) atoms. The van der Waals surface area contributed by atoms with Crippen molar-refractivity contribution in [3.8, 4) is 33.9 Å². The lowest BCUT2D eigenvalue weighted by Gasteiger charge is -2.13. The number of pyridine rings is 1. The van der Waals surface area contributed by atoms with Gasteiger partial charge in [0, 0.05) is 40.8 Å². The van der Waals surface area contributed by atoms with E-state index in [-0.39, 0.29) is 12.6 Å². The third-order valence-corrected chi connectivity index (χ3v) is 7.38. The highest BCUT2D eigenvalue weighted by Crippen LogP contribution is 2.36. The van der Waals surface area contributed by atoms with Crippen molar-refractivity contribution in [3.05, 3.63) is 138 Å². The zero-order valence-electron chi connectivity index (χ0n) is 24.2. The molecule has 0 spiro atoms.